The second-order valence-corrected chi connectivity index (χ2v) is 10.3. The summed E-state index contributed by atoms with van der Waals surface area (Å²) in [4.78, 5) is 15.1. The zero-order valence-corrected chi connectivity index (χ0v) is 18.0. The summed E-state index contributed by atoms with van der Waals surface area (Å²) in [7, 11) is 0. The molecule has 2 fully saturated rings. The van der Waals surface area contributed by atoms with Crippen LogP contribution in [0.15, 0.2) is 28.6 Å². The van der Waals surface area contributed by atoms with Crippen LogP contribution in [0.3, 0.4) is 0 Å². The molecule has 2 aromatic rings. The van der Waals surface area contributed by atoms with Gasteiger partial charge in [0.05, 0.1) is 11.4 Å². The Labute approximate surface area is 174 Å². The Morgan fingerprint density at radius 1 is 1.26 bits per heavy atom. The highest BCUT2D eigenvalue weighted by molar-refractivity contribution is 8.01. The molecule has 4 rings (SSSR count). The first kappa shape index (κ1) is 19.2. The van der Waals surface area contributed by atoms with Gasteiger partial charge in [-0.25, -0.2) is 4.68 Å². The zero-order valence-electron chi connectivity index (χ0n) is 15.6. The molecule has 1 saturated carbocycles. The van der Waals surface area contributed by atoms with Crippen molar-refractivity contribution in [3.63, 3.8) is 0 Å². The number of nitrogens with zero attached hydrogens (tertiary/aromatic N) is 3. The van der Waals surface area contributed by atoms with E-state index in [1.54, 1.807) is 0 Å². The third-order valence-corrected chi connectivity index (χ3v) is 8.11. The van der Waals surface area contributed by atoms with E-state index in [-0.39, 0.29) is 5.91 Å². The van der Waals surface area contributed by atoms with E-state index in [9.17, 15) is 4.79 Å². The van der Waals surface area contributed by atoms with Gasteiger partial charge in [-0.3, -0.25) is 4.79 Å². The van der Waals surface area contributed by atoms with Crippen molar-refractivity contribution in [3.8, 4) is 5.69 Å². The van der Waals surface area contributed by atoms with E-state index in [0.717, 1.165) is 38.4 Å². The molecule has 1 aromatic carbocycles. The van der Waals surface area contributed by atoms with Crippen LogP contribution in [0.1, 0.15) is 44.1 Å². The van der Waals surface area contributed by atoms with Gasteiger partial charge in [-0.15, -0.1) is 5.10 Å². The highest BCUT2D eigenvalue weighted by Crippen LogP contribution is 2.36. The van der Waals surface area contributed by atoms with Gasteiger partial charge >= 0.3 is 0 Å². The molecular weight excluding hydrogens is 394 g/mol. The summed E-state index contributed by atoms with van der Waals surface area (Å²) in [6.45, 7) is 2.98. The van der Waals surface area contributed by atoms with Crippen LogP contribution in [0, 0.1) is 16.8 Å². The van der Waals surface area contributed by atoms with Crippen LogP contribution in [0.4, 0.5) is 0 Å². The number of rotatable bonds is 4. The summed E-state index contributed by atoms with van der Waals surface area (Å²) in [6.07, 6.45) is 7.52. The Morgan fingerprint density at radius 3 is 2.89 bits per heavy atom. The summed E-state index contributed by atoms with van der Waals surface area (Å²) in [5.74, 6) is 1.45. The molecule has 0 N–H and O–H groups in total. The molecule has 1 saturated heterocycles. The van der Waals surface area contributed by atoms with E-state index in [1.165, 1.54) is 55.2 Å². The zero-order chi connectivity index (χ0) is 18.8. The van der Waals surface area contributed by atoms with Crippen molar-refractivity contribution in [2.45, 2.75) is 55.8 Å². The molecule has 1 amide bonds. The lowest BCUT2D eigenvalue weighted by Gasteiger charge is -2.44. The first-order valence-corrected chi connectivity index (χ1v) is 11.9. The SMILES string of the molecule is Cc1ccccc1-n1nc(SCC(=O)N2CCC[C@H]3CCCC[C@@H]32)sc1=S. The average Bonchev–Trinajstić information content (AvgIpc) is 3.06. The van der Waals surface area contributed by atoms with Gasteiger partial charge in [0.1, 0.15) is 0 Å². The Morgan fingerprint density at radius 2 is 2.04 bits per heavy atom. The van der Waals surface area contributed by atoms with Gasteiger partial charge < -0.3 is 4.90 Å². The molecule has 2 heterocycles. The normalized spacial score (nSPS) is 22.5. The van der Waals surface area contributed by atoms with Gasteiger partial charge in [0.15, 0.2) is 8.29 Å². The third kappa shape index (κ3) is 4.15. The highest BCUT2D eigenvalue weighted by Gasteiger charge is 2.35. The van der Waals surface area contributed by atoms with E-state index in [1.807, 2.05) is 22.9 Å². The van der Waals surface area contributed by atoms with Crippen LogP contribution >= 0.6 is 35.3 Å². The molecule has 1 aromatic heterocycles. The van der Waals surface area contributed by atoms with E-state index in [4.69, 9.17) is 12.2 Å². The standard InChI is InChI=1S/C20H25N3OS3/c1-14-7-2-4-10-16(14)23-20(25)27-19(21-23)26-13-18(24)22-12-6-9-15-8-3-5-11-17(15)22/h2,4,7,10,15,17H,3,5-6,8-9,11-13H2,1H3/t15-,17+/m1/s1. The third-order valence-electron chi connectivity index (χ3n) is 5.76. The average molecular weight is 420 g/mol. The van der Waals surface area contributed by atoms with Gasteiger partial charge in [-0.1, -0.05) is 54.1 Å². The molecule has 0 spiro atoms. The van der Waals surface area contributed by atoms with Gasteiger partial charge in [0, 0.05) is 12.6 Å². The fraction of sp³-hybridized carbons (Fsp3) is 0.550. The Bertz CT molecular complexity index is 873. The maximum Gasteiger partial charge on any atom is 0.233 e. The first-order chi connectivity index (χ1) is 13.1. The molecule has 2 atom stereocenters. The lowest BCUT2D eigenvalue weighted by Crippen LogP contribution is -2.50. The Hall–Kier alpha value is -1.18. The van der Waals surface area contributed by atoms with Gasteiger partial charge in [-0.2, -0.15) is 0 Å². The summed E-state index contributed by atoms with van der Waals surface area (Å²) < 4.78 is 3.42. The van der Waals surface area contributed by atoms with Crippen LogP contribution in [0.5, 0.6) is 0 Å². The van der Waals surface area contributed by atoms with Crippen molar-refractivity contribution >= 4 is 41.2 Å². The summed E-state index contributed by atoms with van der Waals surface area (Å²) >= 11 is 8.52. The van der Waals surface area contributed by atoms with Gasteiger partial charge in [-0.05, 0) is 62.4 Å². The van der Waals surface area contributed by atoms with Crippen LogP contribution in [0.2, 0.25) is 0 Å². The van der Waals surface area contributed by atoms with E-state index < -0.39 is 0 Å². The molecule has 0 bridgehead atoms. The van der Waals surface area contributed by atoms with Crippen molar-refractivity contribution in [2.24, 2.45) is 5.92 Å². The summed E-state index contributed by atoms with van der Waals surface area (Å²) in [6, 6.07) is 8.57. The van der Waals surface area contributed by atoms with Crippen molar-refractivity contribution in [1.82, 2.24) is 14.7 Å². The number of thioether (sulfide) groups is 1. The fourth-order valence-electron chi connectivity index (χ4n) is 4.41. The Kier molecular flexibility index (Phi) is 5.99. The molecule has 144 valence electrons. The van der Waals surface area contributed by atoms with E-state index in [2.05, 4.69) is 23.0 Å². The fourth-order valence-corrected chi connectivity index (χ4v) is 6.65. The predicted octanol–water partition coefficient (Wildman–Crippen LogP) is 5.25. The van der Waals surface area contributed by atoms with Crippen LogP contribution in [-0.2, 0) is 4.79 Å². The lowest BCUT2D eigenvalue weighted by molar-refractivity contribution is -0.134. The van der Waals surface area contributed by atoms with Crippen LogP contribution < -0.4 is 0 Å². The number of benzene rings is 1. The minimum absolute atomic E-state index is 0.264. The molecule has 0 unspecified atom stereocenters. The molecule has 2 aliphatic rings. The van der Waals surface area contributed by atoms with Crippen molar-refractivity contribution in [1.29, 1.82) is 0 Å². The number of carbonyl (C=O) groups is 1. The van der Waals surface area contributed by atoms with E-state index >= 15 is 0 Å². The highest BCUT2D eigenvalue weighted by atomic mass is 32.2. The minimum Gasteiger partial charge on any atom is -0.339 e. The molecule has 0 radical (unpaired) electrons. The quantitative estimate of drug-likeness (QED) is 0.501. The molecule has 27 heavy (non-hydrogen) atoms. The number of aromatic nitrogens is 2. The van der Waals surface area contributed by atoms with Crippen LogP contribution in [-0.4, -0.2) is 38.9 Å². The molecule has 7 heteroatoms. The number of amides is 1. The second kappa shape index (κ2) is 8.45. The maximum atomic E-state index is 12.9. The first-order valence-electron chi connectivity index (χ1n) is 9.72. The smallest absolute Gasteiger partial charge is 0.233 e. The summed E-state index contributed by atoms with van der Waals surface area (Å²) in [5.41, 5.74) is 2.15. The van der Waals surface area contributed by atoms with Gasteiger partial charge in [0.25, 0.3) is 0 Å². The predicted molar refractivity (Wildman–Crippen MR) is 114 cm³/mol. The molecular formula is C20H25N3OS3. The number of hydrogen-bond donors (Lipinski definition) is 0. The number of piperidine rings is 1. The second-order valence-electron chi connectivity index (χ2n) is 7.46. The van der Waals surface area contributed by atoms with Crippen LogP contribution in [0.25, 0.3) is 5.69 Å². The minimum atomic E-state index is 0.264. The van der Waals surface area contributed by atoms with Crippen molar-refractivity contribution < 1.29 is 4.79 Å². The molecule has 1 aliphatic carbocycles. The summed E-state index contributed by atoms with van der Waals surface area (Å²) in [5, 5.41) is 4.66. The lowest BCUT2D eigenvalue weighted by atomic mass is 9.78. The van der Waals surface area contributed by atoms with Crippen molar-refractivity contribution in [3.05, 3.63) is 33.8 Å². The topological polar surface area (TPSA) is 38.1 Å². The Balaban J connectivity index is 1.43. The van der Waals surface area contributed by atoms with Gasteiger partial charge in [0.2, 0.25) is 5.91 Å². The largest absolute Gasteiger partial charge is 0.339 e. The number of aryl methyl sites for hydroxylation is 1. The monoisotopic (exact) mass is 419 g/mol. The molecule has 4 nitrogen and oxygen atoms in total. The number of fused-ring (bicyclic) bond motifs is 1. The number of likely N-dealkylation sites (tertiary alicyclic amines) is 1. The van der Waals surface area contributed by atoms with Crippen molar-refractivity contribution in [2.75, 3.05) is 12.3 Å². The molecule has 1 aliphatic heterocycles. The number of para-hydroxylation sites is 1. The number of hydrogen-bond acceptors (Lipinski definition) is 5. The number of carbonyl (C=O) groups excluding carboxylic acids is 1. The van der Waals surface area contributed by atoms with E-state index in [0.29, 0.717) is 11.8 Å². The maximum absolute atomic E-state index is 12.9.